The molecular formula is C12H14Cl2N2O2S. The predicted molar refractivity (Wildman–Crippen MR) is 75.7 cm³/mol. The van der Waals surface area contributed by atoms with Crippen molar-refractivity contribution in [1.82, 2.24) is 4.31 Å². The van der Waals surface area contributed by atoms with E-state index in [-0.39, 0.29) is 28.9 Å². The summed E-state index contributed by atoms with van der Waals surface area (Å²) in [5.41, 5.74) is 0. The normalized spacial score (nSPS) is 11.8. The minimum Gasteiger partial charge on any atom is -0.207 e. The molecule has 7 heteroatoms. The number of rotatable bonds is 5. The molecule has 104 valence electrons. The number of benzene rings is 1. The standard InChI is InChI=1S/C12H14Cl2N2O2S/c1-9(2)16(7-3-6-15)19(17,18)12-8-10(13)4-5-11(12)14/h4-5,8-9H,3,7H2,1-2H3. The minimum absolute atomic E-state index is 0.0340. The van der Waals surface area contributed by atoms with Gasteiger partial charge in [0, 0.05) is 24.0 Å². The molecule has 1 aromatic carbocycles. The maximum atomic E-state index is 12.5. The fourth-order valence-corrected chi connectivity index (χ4v) is 3.99. The third-order valence-electron chi connectivity index (χ3n) is 2.50. The molecule has 0 aliphatic rings. The average molecular weight is 321 g/mol. The number of hydrogen-bond donors (Lipinski definition) is 0. The molecular weight excluding hydrogens is 307 g/mol. The van der Waals surface area contributed by atoms with Gasteiger partial charge >= 0.3 is 0 Å². The molecule has 0 amide bonds. The Balaban J connectivity index is 3.27. The van der Waals surface area contributed by atoms with E-state index in [2.05, 4.69) is 0 Å². The zero-order chi connectivity index (χ0) is 14.6. The summed E-state index contributed by atoms with van der Waals surface area (Å²) in [4.78, 5) is -0.0340. The highest BCUT2D eigenvalue weighted by Crippen LogP contribution is 2.28. The Morgan fingerprint density at radius 1 is 1.37 bits per heavy atom. The van der Waals surface area contributed by atoms with Gasteiger partial charge in [0.15, 0.2) is 0 Å². The van der Waals surface area contributed by atoms with Gasteiger partial charge in [0.25, 0.3) is 0 Å². The fraction of sp³-hybridized carbons (Fsp3) is 0.417. The van der Waals surface area contributed by atoms with Crippen LogP contribution in [0.4, 0.5) is 0 Å². The first-order valence-corrected chi connectivity index (χ1v) is 7.84. The summed E-state index contributed by atoms with van der Waals surface area (Å²) in [5, 5.41) is 9.03. The van der Waals surface area contributed by atoms with E-state index in [1.807, 2.05) is 6.07 Å². The monoisotopic (exact) mass is 320 g/mol. The maximum absolute atomic E-state index is 12.5. The number of nitrogens with zero attached hydrogens (tertiary/aromatic N) is 2. The summed E-state index contributed by atoms with van der Waals surface area (Å²) in [6.45, 7) is 3.61. The van der Waals surface area contributed by atoms with Crippen molar-refractivity contribution in [3.8, 4) is 6.07 Å². The van der Waals surface area contributed by atoms with Gasteiger partial charge in [-0.2, -0.15) is 9.57 Å². The zero-order valence-electron chi connectivity index (χ0n) is 10.6. The van der Waals surface area contributed by atoms with E-state index in [9.17, 15) is 8.42 Å². The molecule has 19 heavy (non-hydrogen) atoms. The van der Waals surface area contributed by atoms with Crippen molar-refractivity contribution in [2.75, 3.05) is 6.54 Å². The van der Waals surface area contributed by atoms with E-state index in [1.165, 1.54) is 22.5 Å². The van der Waals surface area contributed by atoms with Gasteiger partial charge in [0.05, 0.1) is 11.1 Å². The van der Waals surface area contributed by atoms with Gasteiger partial charge in [-0.3, -0.25) is 0 Å². The molecule has 0 atom stereocenters. The summed E-state index contributed by atoms with van der Waals surface area (Å²) in [7, 11) is -3.76. The number of halogens is 2. The van der Waals surface area contributed by atoms with Crippen LogP contribution in [-0.4, -0.2) is 25.3 Å². The molecule has 0 saturated heterocycles. The van der Waals surface area contributed by atoms with Crippen LogP contribution in [0.3, 0.4) is 0 Å². The smallest absolute Gasteiger partial charge is 0.207 e. The second kappa shape index (κ2) is 6.58. The summed E-state index contributed by atoms with van der Waals surface area (Å²) in [6, 6.07) is 5.96. The van der Waals surface area contributed by atoms with Gasteiger partial charge in [-0.05, 0) is 32.0 Å². The van der Waals surface area contributed by atoms with Gasteiger partial charge in [-0.25, -0.2) is 8.42 Å². The Morgan fingerprint density at radius 2 is 2.00 bits per heavy atom. The molecule has 0 spiro atoms. The molecule has 0 N–H and O–H groups in total. The molecule has 0 radical (unpaired) electrons. The van der Waals surface area contributed by atoms with Crippen LogP contribution in [0.5, 0.6) is 0 Å². The molecule has 0 saturated carbocycles. The van der Waals surface area contributed by atoms with Crippen molar-refractivity contribution in [3.63, 3.8) is 0 Å². The maximum Gasteiger partial charge on any atom is 0.244 e. The van der Waals surface area contributed by atoms with E-state index >= 15 is 0 Å². The molecule has 4 nitrogen and oxygen atoms in total. The SMILES string of the molecule is CC(C)N(CCC#N)S(=O)(=O)c1cc(Cl)ccc1Cl. The summed E-state index contributed by atoms with van der Waals surface area (Å²) in [5.74, 6) is 0. The van der Waals surface area contributed by atoms with Gasteiger partial charge in [-0.15, -0.1) is 0 Å². The Morgan fingerprint density at radius 3 is 2.53 bits per heavy atom. The van der Waals surface area contributed by atoms with Crippen molar-refractivity contribution < 1.29 is 8.42 Å². The Bertz CT molecular complexity index is 594. The van der Waals surface area contributed by atoms with Crippen LogP contribution in [0.15, 0.2) is 23.1 Å². The van der Waals surface area contributed by atoms with E-state index in [0.717, 1.165) is 0 Å². The molecule has 0 unspecified atom stereocenters. The van der Waals surface area contributed by atoms with Crippen molar-refractivity contribution >= 4 is 33.2 Å². The second-order valence-corrected chi connectivity index (χ2v) is 6.89. The summed E-state index contributed by atoms with van der Waals surface area (Å²) < 4.78 is 26.3. The minimum atomic E-state index is -3.76. The van der Waals surface area contributed by atoms with E-state index < -0.39 is 10.0 Å². The van der Waals surface area contributed by atoms with Gasteiger partial charge in [0.2, 0.25) is 10.0 Å². The molecule has 1 rings (SSSR count). The van der Waals surface area contributed by atoms with Crippen molar-refractivity contribution in [2.45, 2.75) is 31.2 Å². The van der Waals surface area contributed by atoms with Gasteiger partial charge in [0.1, 0.15) is 4.90 Å². The van der Waals surface area contributed by atoms with Crippen LogP contribution in [0.2, 0.25) is 10.0 Å². The van der Waals surface area contributed by atoms with Crippen LogP contribution in [0.1, 0.15) is 20.3 Å². The number of hydrogen-bond acceptors (Lipinski definition) is 3. The van der Waals surface area contributed by atoms with Crippen LogP contribution in [0, 0.1) is 11.3 Å². The average Bonchev–Trinajstić information content (AvgIpc) is 2.32. The molecule has 0 aliphatic carbocycles. The molecule has 0 bridgehead atoms. The lowest BCUT2D eigenvalue weighted by molar-refractivity contribution is 0.360. The van der Waals surface area contributed by atoms with Crippen molar-refractivity contribution in [1.29, 1.82) is 5.26 Å². The third kappa shape index (κ3) is 3.83. The first kappa shape index (κ1) is 16.3. The third-order valence-corrected chi connectivity index (χ3v) is 5.29. The van der Waals surface area contributed by atoms with Crippen molar-refractivity contribution in [2.24, 2.45) is 0 Å². The van der Waals surface area contributed by atoms with E-state index in [1.54, 1.807) is 13.8 Å². The van der Waals surface area contributed by atoms with Gasteiger partial charge in [-0.1, -0.05) is 23.2 Å². The Hall–Kier alpha value is -0.800. The fourth-order valence-electron chi connectivity index (χ4n) is 1.62. The zero-order valence-corrected chi connectivity index (χ0v) is 12.9. The quantitative estimate of drug-likeness (QED) is 0.836. The van der Waals surface area contributed by atoms with Crippen LogP contribution in [0.25, 0.3) is 0 Å². The Kier molecular flexibility index (Phi) is 5.63. The molecule has 0 aromatic heterocycles. The lowest BCUT2D eigenvalue weighted by Gasteiger charge is -2.25. The number of nitriles is 1. The highest BCUT2D eigenvalue weighted by molar-refractivity contribution is 7.89. The highest BCUT2D eigenvalue weighted by Gasteiger charge is 2.28. The summed E-state index contributed by atoms with van der Waals surface area (Å²) in [6.07, 6.45) is 0.121. The largest absolute Gasteiger partial charge is 0.244 e. The second-order valence-electron chi connectivity index (χ2n) is 4.19. The molecule has 0 heterocycles. The predicted octanol–water partition coefficient (Wildman–Crippen LogP) is 3.31. The number of sulfonamides is 1. The van der Waals surface area contributed by atoms with E-state index in [4.69, 9.17) is 28.5 Å². The Labute approximate surface area is 123 Å². The highest BCUT2D eigenvalue weighted by atomic mass is 35.5. The molecule has 0 aliphatic heterocycles. The van der Waals surface area contributed by atoms with Crippen LogP contribution in [-0.2, 0) is 10.0 Å². The molecule has 1 aromatic rings. The first-order chi connectivity index (χ1) is 8.80. The van der Waals surface area contributed by atoms with Crippen LogP contribution < -0.4 is 0 Å². The van der Waals surface area contributed by atoms with Crippen molar-refractivity contribution in [3.05, 3.63) is 28.2 Å². The van der Waals surface area contributed by atoms with E-state index in [0.29, 0.717) is 5.02 Å². The molecule has 0 fully saturated rings. The summed E-state index contributed by atoms with van der Waals surface area (Å²) >= 11 is 11.8. The lowest BCUT2D eigenvalue weighted by Crippen LogP contribution is -2.37. The van der Waals surface area contributed by atoms with Gasteiger partial charge < -0.3 is 0 Å². The van der Waals surface area contributed by atoms with Crippen LogP contribution >= 0.6 is 23.2 Å². The topological polar surface area (TPSA) is 61.2 Å². The lowest BCUT2D eigenvalue weighted by atomic mass is 10.3. The first-order valence-electron chi connectivity index (χ1n) is 5.64.